The predicted molar refractivity (Wildman–Crippen MR) is 110 cm³/mol. The average Bonchev–Trinajstić information content (AvgIpc) is 3.09. The van der Waals surface area contributed by atoms with E-state index in [1.807, 2.05) is 39.2 Å². The van der Waals surface area contributed by atoms with E-state index < -0.39 is 17.6 Å². The molecule has 29 heavy (non-hydrogen) atoms. The van der Waals surface area contributed by atoms with Crippen molar-refractivity contribution in [3.8, 4) is 0 Å². The lowest BCUT2D eigenvalue weighted by molar-refractivity contribution is -0.858. The summed E-state index contributed by atoms with van der Waals surface area (Å²) in [4.78, 5) is 20.5. The maximum atomic E-state index is 13.2. The van der Waals surface area contributed by atoms with Crippen LogP contribution in [0.5, 0.6) is 0 Å². The number of anilines is 1. The van der Waals surface area contributed by atoms with Crippen LogP contribution in [0.15, 0.2) is 42.5 Å². The highest BCUT2D eigenvalue weighted by Crippen LogP contribution is 2.33. The van der Waals surface area contributed by atoms with Crippen LogP contribution in [-0.2, 0) is 6.18 Å². The molecule has 0 saturated heterocycles. The highest BCUT2D eigenvalue weighted by Gasteiger charge is 2.31. The van der Waals surface area contributed by atoms with Crippen LogP contribution in [0.2, 0.25) is 0 Å². The summed E-state index contributed by atoms with van der Waals surface area (Å²) < 4.78 is 40.2. The summed E-state index contributed by atoms with van der Waals surface area (Å²) in [5, 5.41) is 0.505. The van der Waals surface area contributed by atoms with Crippen LogP contribution in [0.1, 0.15) is 27.9 Å². The number of aryl methyl sites for hydroxylation is 1. The zero-order chi connectivity index (χ0) is 21.2. The van der Waals surface area contributed by atoms with Gasteiger partial charge < -0.3 is 4.90 Å². The Balaban J connectivity index is 1.98. The summed E-state index contributed by atoms with van der Waals surface area (Å²) in [7, 11) is 4.03. The molecule has 154 valence electrons. The number of quaternary nitrogens is 1. The van der Waals surface area contributed by atoms with Gasteiger partial charge in [-0.15, -0.1) is 0 Å². The third kappa shape index (κ3) is 4.94. The van der Waals surface area contributed by atoms with Gasteiger partial charge >= 0.3 is 6.18 Å². The van der Waals surface area contributed by atoms with E-state index in [-0.39, 0.29) is 5.56 Å². The number of alkyl halides is 3. The molecule has 0 bridgehead atoms. The van der Waals surface area contributed by atoms with Crippen molar-refractivity contribution >= 4 is 32.6 Å². The van der Waals surface area contributed by atoms with Gasteiger partial charge in [0.1, 0.15) is 0 Å². The number of rotatable bonds is 6. The van der Waals surface area contributed by atoms with Crippen molar-refractivity contribution in [2.75, 3.05) is 32.1 Å². The van der Waals surface area contributed by atoms with Crippen molar-refractivity contribution in [2.45, 2.75) is 19.5 Å². The Morgan fingerprint density at radius 2 is 1.90 bits per heavy atom. The van der Waals surface area contributed by atoms with Gasteiger partial charge in [0, 0.05) is 18.5 Å². The number of fused-ring (bicyclic) bond motifs is 1. The lowest BCUT2D eigenvalue weighted by Crippen LogP contribution is -3.05. The highest BCUT2D eigenvalue weighted by molar-refractivity contribution is 7.22. The molecule has 3 aromatic rings. The minimum Gasteiger partial charge on any atom is -0.340 e. The Morgan fingerprint density at radius 1 is 1.17 bits per heavy atom. The van der Waals surface area contributed by atoms with E-state index in [0.717, 1.165) is 34.5 Å². The Morgan fingerprint density at radius 3 is 2.55 bits per heavy atom. The fourth-order valence-corrected chi connectivity index (χ4v) is 4.12. The van der Waals surface area contributed by atoms with Gasteiger partial charge in [-0.2, -0.15) is 13.2 Å². The molecule has 0 aliphatic carbocycles. The Kier molecular flexibility index (Phi) is 6.24. The molecule has 0 aliphatic rings. The summed E-state index contributed by atoms with van der Waals surface area (Å²) in [6, 6.07) is 10.4. The molecular weight excluding hydrogens is 399 g/mol. The van der Waals surface area contributed by atoms with Crippen LogP contribution in [0.3, 0.4) is 0 Å². The van der Waals surface area contributed by atoms with E-state index in [4.69, 9.17) is 0 Å². The number of amides is 1. The van der Waals surface area contributed by atoms with Crippen LogP contribution in [0.4, 0.5) is 18.3 Å². The average molecular weight is 422 g/mol. The number of halogens is 3. The molecule has 1 aromatic heterocycles. The van der Waals surface area contributed by atoms with Gasteiger partial charge in [-0.3, -0.25) is 9.69 Å². The first-order valence-corrected chi connectivity index (χ1v) is 10.1. The second-order valence-corrected chi connectivity index (χ2v) is 8.27. The number of benzene rings is 2. The van der Waals surface area contributed by atoms with Crippen molar-refractivity contribution < 1.29 is 22.9 Å². The molecule has 0 unspecified atom stereocenters. The maximum absolute atomic E-state index is 13.2. The van der Waals surface area contributed by atoms with Gasteiger partial charge in [0.2, 0.25) is 0 Å². The first-order chi connectivity index (χ1) is 13.7. The van der Waals surface area contributed by atoms with Gasteiger partial charge in [-0.1, -0.05) is 29.5 Å². The van der Waals surface area contributed by atoms with Gasteiger partial charge in [0.15, 0.2) is 5.13 Å². The fourth-order valence-electron chi connectivity index (χ4n) is 3.05. The second-order valence-electron chi connectivity index (χ2n) is 7.26. The lowest BCUT2D eigenvalue weighted by atomic mass is 10.1. The highest BCUT2D eigenvalue weighted by atomic mass is 32.1. The van der Waals surface area contributed by atoms with E-state index in [1.54, 1.807) is 0 Å². The lowest BCUT2D eigenvalue weighted by Gasteiger charge is -2.21. The van der Waals surface area contributed by atoms with E-state index in [9.17, 15) is 18.0 Å². The number of hydrogen-bond acceptors (Lipinski definition) is 3. The van der Waals surface area contributed by atoms with Gasteiger partial charge in [0.05, 0.1) is 36.4 Å². The number of aromatic nitrogens is 1. The van der Waals surface area contributed by atoms with Crippen LogP contribution >= 0.6 is 11.3 Å². The summed E-state index contributed by atoms with van der Waals surface area (Å²) in [5.74, 6) is -0.471. The molecule has 3 rings (SSSR count). The van der Waals surface area contributed by atoms with Crippen LogP contribution in [-0.4, -0.2) is 38.1 Å². The largest absolute Gasteiger partial charge is 0.416 e. The van der Waals surface area contributed by atoms with Gasteiger partial charge in [0.25, 0.3) is 5.91 Å². The molecule has 4 nitrogen and oxygen atoms in total. The molecular formula is C21H23F3N3OS+. The third-order valence-electron chi connectivity index (χ3n) is 4.58. The van der Waals surface area contributed by atoms with Crippen molar-refractivity contribution in [2.24, 2.45) is 0 Å². The summed E-state index contributed by atoms with van der Waals surface area (Å²) >= 11 is 1.38. The normalized spacial score (nSPS) is 12.0. The first kappa shape index (κ1) is 21.3. The minimum atomic E-state index is -4.50. The quantitative estimate of drug-likeness (QED) is 0.656. The molecule has 1 N–H and O–H groups in total. The van der Waals surface area contributed by atoms with Crippen LogP contribution in [0.25, 0.3) is 10.2 Å². The molecule has 1 heterocycles. The Hall–Kier alpha value is -2.45. The molecule has 0 radical (unpaired) electrons. The SMILES string of the molecule is Cc1cccc2sc(N(CCC[NH+](C)C)C(=O)c3cccc(C(F)(F)F)c3)nc12. The molecule has 0 spiro atoms. The van der Waals surface area contributed by atoms with Crippen molar-refractivity contribution in [1.29, 1.82) is 0 Å². The number of para-hydroxylation sites is 1. The second kappa shape index (κ2) is 8.51. The summed E-state index contributed by atoms with van der Waals surface area (Å²) in [6.07, 6.45) is -3.79. The van der Waals surface area contributed by atoms with Crippen molar-refractivity contribution in [1.82, 2.24) is 4.98 Å². The number of carbonyl (C=O) groups excluding carboxylic acids is 1. The minimum absolute atomic E-state index is 0.00741. The predicted octanol–water partition coefficient (Wildman–Crippen LogP) is 3.80. The van der Waals surface area contributed by atoms with Gasteiger partial charge in [-0.05, 0) is 36.8 Å². The zero-order valence-electron chi connectivity index (χ0n) is 16.5. The third-order valence-corrected chi connectivity index (χ3v) is 5.62. The summed E-state index contributed by atoms with van der Waals surface area (Å²) in [6.45, 7) is 3.16. The van der Waals surface area contributed by atoms with Gasteiger partial charge in [-0.25, -0.2) is 4.98 Å². The van der Waals surface area contributed by atoms with E-state index in [0.29, 0.717) is 18.1 Å². The number of nitrogens with one attached hydrogen (secondary N) is 1. The number of carbonyl (C=O) groups is 1. The van der Waals surface area contributed by atoms with Crippen molar-refractivity contribution in [3.05, 3.63) is 59.2 Å². The Bertz CT molecular complexity index is 1010. The topological polar surface area (TPSA) is 37.6 Å². The van der Waals surface area contributed by atoms with Crippen LogP contribution < -0.4 is 9.80 Å². The molecule has 0 fully saturated rings. The van der Waals surface area contributed by atoms with E-state index in [2.05, 4.69) is 4.98 Å². The molecule has 8 heteroatoms. The molecule has 0 saturated carbocycles. The molecule has 1 amide bonds. The molecule has 0 aliphatic heterocycles. The van der Waals surface area contributed by atoms with Crippen molar-refractivity contribution in [3.63, 3.8) is 0 Å². The van der Waals surface area contributed by atoms with E-state index >= 15 is 0 Å². The first-order valence-electron chi connectivity index (χ1n) is 9.31. The number of nitrogens with zero attached hydrogens (tertiary/aromatic N) is 2. The molecule has 2 aromatic carbocycles. The van der Waals surface area contributed by atoms with Crippen LogP contribution in [0, 0.1) is 6.92 Å². The zero-order valence-corrected chi connectivity index (χ0v) is 17.3. The standard InChI is InChI=1S/C21H22F3N3OS/c1-14-7-4-10-17-18(14)25-20(29-17)27(12-6-11-26(2)3)19(28)15-8-5-9-16(13-15)21(22,23)24/h4-5,7-10,13H,6,11-12H2,1-3H3/p+1. The Labute approximate surface area is 171 Å². The molecule has 0 atom stereocenters. The fraction of sp³-hybridized carbons (Fsp3) is 0.333. The van der Waals surface area contributed by atoms with E-state index in [1.165, 1.54) is 33.3 Å². The number of thiazole rings is 1. The summed E-state index contributed by atoms with van der Waals surface area (Å²) in [5.41, 5.74) is 0.982. The smallest absolute Gasteiger partial charge is 0.340 e. The monoisotopic (exact) mass is 422 g/mol. The number of hydrogen-bond donors (Lipinski definition) is 1. The maximum Gasteiger partial charge on any atom is 0.416 e.